The molecule has 8 atom stereocenters. The Hall–Kier alpha value is -0.650. The van der Waals surface area contributed by atoms with Crippen LogP contribution in [0.5, 0.6) is 0 Å². The largest absolute Gasteiger partial charge is 0.432 e. The molecule has 0 N–H and O–H groups in total. The minimum absolute atomic E-state index is 0.0635. The lowest BCUT2D eigenvalue weighted by Gasteiger charge is -2.56. The Bertz CT molecular complexity index is 438. The molecule has 20 heavy (non-hydrogen) atoms. The van der Waals surface area contributed by atoms with Crippen molar-refractivity contribution in [1.82, 2.24) is 0 Å². The van der Waals surface area contributed by atoms with E-state index in [2.05, 4.69) is 6.92 Å². The molecule has 5 rings (SSSR count). The van der Waals surface area contributed by atoms with E-state index in [1.54, 1.807) is 0 Å². The highest BCUT2D eigenvalue weighted by Crippen LogP contribution is 2.58. The van der Waals surface area contributed by atoms with Gasteiger partial charge in [-0.05, 0) is 32.1 Å². The third kappa shape index (κ3) is 1.46. The number of hydrogen-bond acceptors (Lipinski definition) is 5. The maximum atomic E-state index is 12.1. The van der Waals surface area contributed by atoms with E-state index in [1.807, 2.05) is 13.8 Å². The Morgan fingerprint density at radius 3 is 2.75 bits per heavy atom. The fraction of sp³-hybridized carbons (Fsp3) is 0.933. The van der Waals surface area contributed by atoms with E-state index in [0.717, 1.165) is 19.3 Å². The van der Waals surface area contributed by atoms with Gasteiger partial charge in [0.1, 0.15) is 6.10 Å². The SMILES string of the molecule is C[C@@H]1CC[C@@H]2[C@H](C)C(=O)O[C@@H]3O[C@@H](C)[C@H]4C[C@@H]1[C@]32OO4. The number of hydrogen-bond donors (Lipinski definition) is 0. The summed E-state index contributed by atoms with van der Waals surface area (Å²) in [7, 11) is 0. The zero-order valence-electron chi connectivity index (χ0n) is 12.2. The second kappa shape index (κ2) is 4.18. The molecule has 0 aromatic rings. The van der Waals surface area contributed by atoms with Crippen LogP contribution >= 0.6 is 0 Å². The predicted octanol–water partition coefficient (Wildman–Crippen LogP) is 2.05. The zero-order chi connectivity index (χ0) is 14.1. The van der Waals surface area contributed by atoms with E-state index in [0.29, 0.717) is 11.8 Å². The number of carbonyl (C=O) groups is 1. The van der Waals surface area contributed by atoms with E-state index in [4.69, 9.17) is 19.2 Å². The van der Waals surface area contributed by atoms with Crippen LogP contribution in [-0.2, 0) is 24.0 Å². The Morgan fingerprint density at radius 2 is 1.95 bits per heavy atom. The molecular formula is C15H22O5. The van der Waals surface area contributed by atoms with Gasteiger partial charge in [0.2, 0.25) is 6.29 Å². The summed E-state index contributed by atoms with van der Waals surface area (Å²) in [6.07, 6.45) is 2.23. The average Bonchev–Trinajstić information content (AvgIpc) is 2.63. The summed E-state index contributed by atoms with van der Waals surface area (Å²) < 4.78 is 11.6. The molecule has 0 radical (unpaired) electrons. The van der Waals surface area contributed by atoms with Gasteiger partial charge < -0.3 is 9.47 Å². The molecule has 4 saturated heterocycles. The molecule has 4 heterocycles. The standard InChI is InChI=1S/C15H22O5/c1-7-4-5-10-8(2)13(16)18-14-15(10)11(7)6-12(19-20-15)9(3)17-14/h7-12,14H,4-6H2,1-3H3/t7-,8+,9+,10-,11+,12-,14+,15+/m1/s1. The van der Waals surface area contributed by atoms with Crippen LogP contribution in [0.15, 0.2) is 0 Å². The average molecular weight is 282 g/mol. The van der Waals surface area contributed by atoms with Crippen molar-refractivity contribution in [3.8, 4) is 0 Å². The van der Waals surface area contributed by atoms with Gasteiger partial charge in [-0.25, -0.2) is 9.78 Å². The molecule has 5 nitrogen and oxygen atoms in total. The summed E-state index contributed by atoms with van der Waals surface area (Å²) >= 11 is 0. The van der Waals surface area contributed by atoms with Crippen molar-refractivity contribution in [3.63, 3.8) is 0 Å². The summed E-state index contributed by atoms with van der Waals surface area (Å²) in [4.78, 5) is 23.7. The van der Waals surface area contributed by atoms with Gasteiger partial charge in [-0.15, -0.1) is 0 Å². The minimum atomic E-state index is -0.619. The van der Waals surface area contributed by atoms with Gasteiger partial charge in [-0.1, -0.05) is 13.8 Å². The van der Waals surface area contributed by atoms with Crippen LogP contribution in [0.2, 0.25) is 0 Å². The molecule has 5 fully saturated rings. The van der Waals surface area contributed by atoms with Crippen LogP contribution in [0.4, 0.5) is 0 Å². The highest BCUT2D eigenvalue weighted by Gasteiger charge is 2.69. The van der Waals surface area contributed by atoms with Gasteiger partial charge in [0, 0.05) is 11.8 Å². The molecular weight excluding hydrogens is 260 g/mol. The fourth-order valence-corrected chi connectivity index (χ4v) is 4.75. The Kier molecular flexibility index (Phi) is 2.73. The molecule has 0 aromatic heterocycles. The molecule has 0 aromatic carbocycles. The lowest BCUT2D eigenvalue weighted by atomic mass is 9.58. The number of carbonyl (C=O) groups excluding carboxylic acids is 1. The molecule has 4 aliphatic heterocycles. The van der Waals surface area contributed by atoms with E-state index in [1.165, 1.54) is 0 Å². The van der Waals surface area contributed by atoms with Crippen molar-refractivity contribution in [2.45, 2.75) is 64.1 Å². The molecule has 1 aliphatic carbocycles. The lowest BCUT2D eigenvalue weighted by Crippen LogP contribution is -2.67. The number of fused-ring (bicyclic) bond motifs is 2. The van der Waals surface area contributed by atoms with E-state index < -0.39 is 11.9 Å². The van der Waals surface area contributed by atoms with E-state index >= 15 is 0 Å². The molecule has 2 bridgehead atoms. The molecule has 1 saturated carbocycles. The molecule has 1 spiro atoms. The second-order valence-electron chi connectivity index (χ2n) is 6.97. The summed E-state index contributed by atoms with van der Waals surface area (Å²) in [5, 5.41) is 0. The lowest BCUT2D eigenvalue weighted by molar-refractivity contribution is -0.459. The molecule has 5 heteroatoms. The third-order valence-electron chi connectivity index (χ3n) is 6.01. The predicted molar refractivity (Wildman–Crippen MR) is 68.3 cm³/mol. The van der Waals surface area contributed by atoms with Crippen LogP contribution in [0, 0.1) is 23.7 Å². The summed E-state index contributed by atoms with van der Waals surface area (Å²) in [6.45, 7) is 6.17. The van der Waals surface area contributed by atoms with Crippen molar-refractivity contribution >= 4 is 5.97 Å². The van der Waals surface area contributed by atoms with Gasteiger partial charge in [-0.3, -0.25) is 4.79 Å². The van der Waals surface area contributed by atoms with Gasteiger partial charge in [0.15, 0.2) is 5.60 Å². The van der Waals surface area contributed by atoms with Gasteiger partial charge >= 0.3 is 5.97 Å². The van der Waals surface area contributed by atoms with Gasteiger partial charge in [0.25, 0.3) is 0 Å². The monoisotopic (exact) mass is 282 g/mol. The van der Waals surface area contributed by atoms with Gasteiger partial charge in [0.05, 0.1) is 12.0 Å². The van der Waals surface area contributed by atoms with Crippen LogP contribution < -0.4 is 0 Å². The first-order chi connectivity index (χ1) is 9.54. The third-order valence-corrected chi connectivity index (χ3v) is 6.01. The van der Waals surface area contributed by atoms with Crippen molar-refractivity contribution < 1.29 is 24.0 Å². The number of rotatable bonds is 0. The Balaban J connectivity index is 1.83. The normalized spacial score (nSPS) is 57.8. The molecule has 5 aliphatic rings. The van der Waals surface area contributed by atoms with Crippen molar-refractivity contribution in [3.05, 3.63) is 0 Å². The summed E-state index contributed by atoms with van der Waals surface area (Å²) in [5.41, 5.74) is -0.605. The highest BCUT2D eigenvalue weighted by molar-refractivity contribution is 5.74. The number of esters is 1. The zero-order valence-corrected chi connectivity index (χ0v) is 12.2. The van der Waals surface area contributed by atoms with Crippen LogP contribution in [0.25, 0.3) is 0 Å². The maximum Gasteiger partial charge on any atom is 0.311 e. The number of ether oxygens (including phenoxy) is 2. The first-order valence-corrected chi connectivity index (χ1v) is 7.74. The Morgan fingerprint density at radius 1 is 1.15 bits per heavy atom. The van der Waals surface area contributed by atoms with Crippen LogP contribution in [-0.4, -0.2) is 30.1 Å². The van der Waals surface area contributed by atoms with Crippen LogP contribution in [0.1, 0.15) is 40.0 Å². The first-order valence-electron chi connectivity index (χ1n) is 7.74. The molecule has 0 unspecified atom stereocenters. The molecule has 0 amide bonds. The van der Waals surface area contributed by atoms with Crippen molar-refractivity contribution in [2.24, 2.45) is 23.7 Å². The smallest absolute Gasteiger partial charge is 0.311 e. The first kappa shape index (κ1) is 13.0. The van der Waals surface area contributed by atoms with E-state index in [9.17, 15) is 4.79 Å². The quantitative estimate of drug-likeness (QED) is 0.503. The van der Waals surface area contributed by atoms with Crippen molar-refractivity contribution in [1.29, 1.82) is 0 Å². The maximum absolute atomic E-state index is 12.1. The van der Waals surface area contributed by atoms with Crippen molar-refractivity contribution in [2.75, 3.05) is 0 Å². The minimum Gasteiger partial charge on any atom is -0.432 e. The topological polar surface area (TPSA) is 54.0 Å². The van der Waals surface area contributed by atoms with Crippen LogP contribution in [0.3, 0.4) is 0 Å². The highest BCUT2D eigenvalue weighted by atomic mass is 17.2. The summed E-state index contributed by atoms with van der Waals surface area (Å²) in [5.74, 6) is 0.684. The molecule has 112 valence electrons. The summed E-state index contributed by atoms with van der Waals surface area (Å²) in [6, 6.07) is 0. The second-order valence-corrected chi connectivity index (χ2v) is 6.97. The fourth-order valence-electron chi connectivity index (χ4n) is 4.75. The van der Waals surface area contributed by atoms with E-state index in [-0.39, 0.29) is 30.0 Å². The van der Waals surface area contributed by atoms with Gasteiger partial charge in [-0.2, -0.15) is 0 Å². The Labute approximate surface area is 118 Å².